The van der Waals surface area contributed by atoms with Gasteiger partial charge in [-0.2, -0.15) is 13.2 Å². The smallest absolute Gasteiger partial charge is 0.347 e. The second kappa shape index (κ2) is 4.45. The van der Waals surface area contributed by atoms with Crippen molar-refractivity contribution in [1.82, 2.24) is 9.97 Å². The Balaban J connectivity index is 2.36. The molecule has 1 aromatic carbocycles. The topological polar surface area (TPSA) is 54.7 Å². The molecule has 1 unspecified atom stereocenters. The number of aromatic amines is 1. The lowest BCUT2D eigenvalue weighted by atomic mass is 9.99. The molecular formula is C12H12F3N3. The average Bonchev–Trinajstić information content (AvgIpc) is 2.80. The van der Waals surface area contributed by atoms with Gasteiger partial charge in [-0.3, -0.25) is 0 Å². The second-order valence-corrected chi connectivity index (χ2v) is 4.02. The molecule has 6 heteroatoms. The van der Waals surface area contributed by atoms with Gasteiger partial charge in [-0.15, -0.1) is 0 Å². The largest absolute Gasteiger partial charge is 0.416 e. The summed E-state index contributed by atoms with van der Waals surface area (Å²) in [5, 5.41) is 0. The number of nitrogens with zero attached hydrogens (tertiary/aromatic N) is 1. The number of halogens is 3. The molecule has 0 aliphatic rings. The van der Waals surface area contributed by atoms with E-state index in [1.165, 1.54) is 6.07 Å². The summed E-state index contributed by atoms with van der Waals surface area (Å²) in [6.45, 7) is 1.60. The SMILES string of the molecule is Cc1cc(C(F)(F)F)ccc1C(N)c1ncc[nH]1. The first-order chi connectivity index (χ1) is 8.39. The number of hydrogen-bond acceptors (Lipinski definition) is 2. The Morgan fingerprint density at radius 2 is 2.06 bits per heavy atom. The molecule has 0 fully saturated rings. The van der Waals surface area contributed by atoms with E-state index >= 15 is 0 Å². The van der Waals surface area contributed by atoms with Crippen molar-refractivity contribution in [3.63, 3.8) is 0 Å². The minimum atomic E-state index is -4.34. The first-order valence-electron chi connectivity index (χ1n) is 5.32. The Labute approximate surface area is 102 Å². The monoisotopic (exact) mass is 255 g/mol. The number of alkyl halides is 3. The third kappa shape index (κ3) is 2.38. The van der Waals surface area contributed by atoms with Crippen molar-refractivity contribution in [2.24, 2.45) is 5.73 Å². The molecule has 3 N–H and O–H groups in total. The number of benzene rings is 1. The summed E-state index contributed by atoms with van der Waals surface area (Å²) in [7, 11) is 0. The molecule has 3 nitrogen and oxygen atoms in total. The summed E-state index contributed by atoms with van der Waals surface area (Å²) in [4.78, 5) is 6.85. The van der Waals surface area contributed by atoms with Crippen molar-refractivity contribution in [3.05, 3.63) is 53.1 Å². The van der Waals surface area contributed by atoms with Crippen LogP contribution in [0.1, 0.15) is 28.6 Å². The fraction of sp³-hybridized carbons (Fsp3) is 0.250. The van der Waals surface area contributed by atoms with Gasteiger partial charge in [0.1, 0.15) is 5.82 Å². The molecule has 1 heterocycles. The summed E-state index contributed by atoms with van der Waals surface area (Å²) in [5.74, 6) is 0.526. The Hall–Kier alpha value is -1.82. The number of nitrogens with two attached hydrogens (primary N) is 1. The fourth-order valence-electron chi connectivity index (χ4n) is 1.80. The van der Waals surface area contributed by atoms with Crippen LogP contribution in [-0.2, 0) is 6.18 Å². The van der Waals surface area contributed by atoms with Crippen molar-refractivity contribution in [1.29, 1.82) is 0 Å². The molecule has 0 radical (unpaired) electrons. The second-order valence-electron chi connectivity index (χ2n) is 4.02. The Kier molecular flexibility index (Phi) is 3.13. The van der Waals surface area contributed by atoms with Crippen molar-refractivity contribution in [3.8, 4) is 0 Å². The molecular weight excluding hydrogens is 243 g/mol. The minimum absolute atomic E-state index is 0.494. The summed E-state index contributed by atoms with van der Waals surface area (Å²) in [5.41, 5.74) is 6.39. The van der Waals surface area contributed by atoms with E-state index in [0.717, 1.165) is 12.1 Å². The van der Waals surface area contributed by atoms with Gasteiger partial charge >= 0.3 is 6.18 Å². The van der Waals surface area contributed by atoms with Crippen LogP contribution >= 0.6 is 0 Å². The van der Waals surface area contributed by atoms with Gasteiger partial charge in [0.2, 0.25) is 0 Å². The molecule has 2 rings (SSSR count). The lowest BCUT2D eigenvalue weighted by Crippen LogP contribution is -2.16. The maximum absolute atomic E-state index is 12.5. The van der Waals surface area contributed by atoms with Crippen LogP contribution in [0.3, 0.4) is 0 Å². The number of rotatable bonds is 2. The molecule has 0 aliphatic carbocycles. The predicted octanol–water partition coefficient (Wildman–Crippen LogP) is 2.79. The highest BCUT2D eigenvalue weighted by molar-refractivity contribution is 5.36. The maximum Gasteiger partial charge on any atom is 0.416 e. The maximum atomic E-state index is 12.5. The molecule has 0 spiro atoms. The molecule has 96 valence electrons. The van der Waals surface area contributed by atoms with E-state index in [0.29, 0.717) is 17.0 Å². The van der Waals surface area contributed by atoms with E-state index in [9.17, 15) is 13.2 Å². The molecule has 0 saturated carbocycles. The highest BCUT2D eigenvalue weighted by Crippen LogP contribution is 2.31. The third-order valence-electron chi connectivity index (χ3n) is 2.75. The Bertz CT molecular complexity index is 532. The molecule has 1 atom stereocenters. The quantitative estimate of drug-likeness (QED) is 0.867. The first kappa shape index (κ1) is 12.6. The first-order valence-corrected chi connectivity index (χ1v) is 5.32. The van der Waals surface area contributed by atoms with Gasteiger partial charge in [-0.1, -0.05) is 6.07 Å². The number of H-pyrrole nitrogens is 1. The number of imidazole rings is 1. The van der Waals surface area contributed by atoms with Gasteiger partial charge in [0.25, 0.3) is 0 Å². The van der Waals surface area contributed by atoms with E-state index in [1.807, 2.05) is 0 Å². The summed E-state index contributed by atoms with van der Waals surface area (Å²) in [6, 6.07) is 2.97. The number of aromatic nitrogens is 2. The Morgan fingerprint density at radius 1 is 1.33 bits per heavy atom. The van der Waals surface area contributed by atoms with Gasteiger partial charge in [-0.25, -0.2) is 4.98 Å². The van der Waals surface area contributed by atoms with Crippen molar-refractivity contribution in [2.75, 3.05) is 0 Å². The van der Waals surface area contributed by atoms with Crippen LogP contribution in [0, 0.1) is 6.92 Å². The number of aryl methyl sites for hydroxylation is 1. The van der Waals surface area contributed by atoms with Crippen LogP contribution in [0.2, 0.25) is 0 Å². The standard InChI is InChI=1S/C12H12F3N3/c1-7-6-8(12(13,14)15)2-3-9(7)10(16)11-17-4-5-18-11/h2-6,10H,16H2,1H3,(H,17,18). The zero-order valence-electron chi connectivity index (χ0n) is 9.62. The summed E-state index contributed by atoms with van der Waals surface area (Å²) >= 11 is 0. The number of nitrogens with one attached hydrogen (secondary N) is 1. The van der Waals surface area contributed by atoms with Crippen LogP contribution in [-0.4, -0.2) is 9.97 Å². The molecule has 1 aromatic heterocycles. The lowest BCUT2D eigenvalue weighted by Gasteiger charge is -2.15. The van der Waals surface area contributed by atoms with Crippen LogP contribution in [0.5, 0.6) is 0 Å². The van der Waals surface area contributed by atoms with Crippen LogP contribution in [0.15, 0.2) is 30.6 Å². The molecule has 0 amide bonds. The van der Waals surface area contributed by atoms with Gasteiger partial charge in [0, 0.05) is 12.4 Å². The predicted molar refractivity (Wildman–Crippen MR) is 60.8 cm³/mol. The van der Waals surface area contributed by atoms with Gasteiger partial charge in [0.15, 0.2) is 0 Å². The lowest BCUT2D eigenvalue weighted by molar-refractivity contribution is -0.137. The van der Waals surface area contributed by atoms with Gasteiger partial charge < -0.3 is 10.7 Å². The number of hydrogen-bond donors (Lipinski definition) is 2. The van der Waals surface area contributed by atoms with E-state index in [1.54, 1.807) is 19.3 Å². The van der Waals surface area contributed by atoms with E-state index in [2.05, 4.69) is 9.97 Å². The zero-order valence-corrected chi connectivity index (χ0v) is 9.62. The Morgan fingerprint density at radius 3 is 2.56 bits per heavy atom. The van der Waals surface area contributed by atoms with E-state index in [4.69, 9.17) is 5.73 Å². The third-order valence-corrected chi connectivity index (χ3v) is 2.75. The van der Waals surface area contributed by atoms with E-state index < -0.39 is 17.8 Å². The van der Waals surface area contributed by atoms with Crippen LogP contribution < -0.4 is 5.73 Å². The molecule has 18 heavy (non-hydrogen) atoms. The van der Waals surface area contributed by atoms with Crippen molar-refractivity contribution in [2.45, 2.75) is 19.1 Å². The highest BCUT2D eigenvalue weighted by atomic mass is 19.4. The zero-order chi connectivity index (χ0) is 13.3. The van der Waals surface area contributed by atoms with Crippen molar-refractivity contribution >= 4 is 0 Å². The summed E-state index contributed by atoms with van der Waals surface area (Å²) < 4.78 is 37.6. The fourth-order valence-corrected chi connectivity index (χ4v) is 1.80. The normalized spacial score (nSPS) is 13.6. The van der Waals surface area contributed by atoms with Crippen LogP contribution in [0.4, 0.5) is 13.2 Å². The van der Waals surface area contributed by atoms with Crippen molar-refractivity contribution < 1.29 is 13.2 Å². The molecule has 0 saturated heterocycles. The molecule has 2 aromatic rings. The molecule has 0 bridgehead atoms. The van der Waals surface area contributed by atoms with E-state index in [-0.39, 0.29) is 0 Å². The highest BCUT2D eigenvalue weighted by Gasteiger charge is 2.31. The van der Waals surface area contributed by atoms with Crippen LogP contribution in [0.25, 0.3) is 0 Å². The summed E-state index contributed by atoms with van der Waals surface area (Å²) in [6.07, 6.45) is -1.17. The minimum Gasteiger partial charge on any atom is -0.347 e. The van der Waals surface area contributed by atoms with Gasteiger partial charge in [0.05, 0.1) is 11.6 Å². The molecule has 0 aliphatic heterocycles. The van der Waals surface area contributed by atoms with Gasteiger partial charge in [-0.05, 0) is 30.2 Å². The average molecular weight is 255 g/mol.